The highest BCUT2D eigenvalue weighted by Gasteiger charge is 2.56. The van der Waals surface area contributed by atoms with E-state index in [2.05, 4.69) is 5.32 Å². The van der Waals surface area contributed by atoms with E-state index in [4.69, 9.17) is 0 Å². The molecule has 0 radical (unpaired) electrons. The van der Waals surface area contributed by atoms with E-state index in [0.717, 1.165) is 0 Å². The molecule has 21 heavy (non-hydrogen) atoms. The summed E-state index contributed by atoms with van der Waals surface area (Å²) in [4.78, 5) is 38.6. The van der Waals surface area contributed by atoms with Crippen LogP contribution in [-0.2, 0) is 14.4 Å². The number of likely N-dealkylation sites (tertiary alicyclic amines) is 1. The number of rotatable bonds is 3. The molecule has 1 unspecified atom stereocenters. The molecule has 1 N–H and O–H groups in total. The van der Waals surface area contributed by atoms with E-state index < -0.39 is 11.0 Å². The molecule has 1 aliphatic heterocycles. The monoisotopic (exact) mass is 296 g/mol. The summed E-state index contributed by atoms with van der Waals surface area (Å²) in [6.45, 7) is 13.0. The molecule has 120 valence electrons. The maximum Gasteiger partial charge on any atom is 0.233 e. The van der Waals surface area contributed by atoms with Crippen molar-refractivity contribution in [2.75, 3.05) is 7.05 Å². The maximum atomic E-state index is 12.7. The summed E-state index contributed by atoms with van der Waals surface area (Å²) in [5.74, 6) is -0.881. The van der Waals surface area contributed by atoms with Gasteiger partial charge in [-0.15, -0.1) is 0 Å². The van der Waals surface area contributed by atoms with E-state index in [1.807, 2.05) is 20.8 Å². The third-order valence-corrected chi connectivity index (χ3v) is 5.08. The third kappa shape index (κ3) is 2.70. The van der Waals surface area contributed by atoms with Gasteiger partial charge in [0.1, 0.15) is 0 Å². The normalized spacial score (nSPS) is 21.0. The number of hydrogen-bond donors (Lipinski definition) is 1. The second-order valence-electron chi connectivity index (χ2n) is 7.95. The summed E-state index contributed by atoms with van der Waals surface area (Å²) in [7, 11) is 1.56. The van der Waals surface area contributed by atoms with Gasteiger partial charge in [0.15, 0.2) is 0 Å². The van der Waals surface area contributed by atoms with Crippen molar-refractivity contribution in [2.45, 2.75) is 60.4 Å². The fourth-order valence-electron chi connectivity index (χ4n) is 2.77. The largest absolute Gasteiger partial charge is 0.359 e. The highest BCUT2D eigenvalue weighted by Crippen LogP contribution is 2.43. The quantitative estimate of drug-likeness (QED) is 0.810. The van der Waals surface area contributed by atoms with Crippen molar-refractivity contribution in [3.8, 4) is 0 Å². The summed E-state index contributed by atoms with van der Waals surface area (Å²) < 4.78 is 0. The van der Waals surface area contributed by atoms with E-state index in [9.17, 15) is 14.4 Å². The Balaban J connectivity index is 3.24. The Morgan fingerprint density at radius 1 is 1.10 bits per heavy atom. The Morgan fingerprint density at radius 2 is 1.57 bits per heavy atom. The lowest BCUT2D eigenvalue weighted by Gasteiger charge is -2.45. The van der Waals surface area contributed by atoms with Gasteiger partial charge in [0.25, 0.3) is 0 Å². The standard InChI is InChI=1S/C16H28N2O3/c1-14(2,3)10-9-11(19)18(12(10)20)16(6,7)15(4,5)13(21)17-8/h10H,9H2,1-8H3,(H,17,21). The predicted octanol–water partition coefficient (Wildman–Crippen LogP) is 1.96. The Hall–Kier alpha value is -1.39. The van der Waals surface area contributed by atoms with Crippen molar-refractivity contribution in [3.63, 3.8) is 0 Å². The lowest BCUT2D eigenvalue weighted by molar-refractivity contribution is -0.155. The molecule has 0 aromatic heterocycles. The molecule has 0 aromatic rings. The molecule has 1 atom stereocenters. The first-order valence-electron chi connectivity index (χ1n) is 7.37. The number of nitrogens with one attached hydrogen (secondary N) is 1. The SMILES string of the molecule is CNC(=O)C(C)(C)C(C)(C)N1C(=O)CC(C(C)(C)C)C1=O. The summed E-state index contributed by atoms with van der Waals surface area (Å²) >= 11 is 0. The van der Waals surface area contributed by atoms with E-state index in [1.165, 1.54) is 4.90 Å². The summed E-state index contributed by atoms with van der Waals surface area (Å²) in [6, 6.07) is 0. The van der Waals surface area contributed by atoms with Crippen LogP contribution < -0.4 is 5.32 Å². The molecule has 1 heterocycles. The van der Waals surface area contributed by atoms with Gasteiger partial charge < -0.3 is 5.32 Å². The number of hydrogen-bond acceptors (Lipinski definition) is 3. The topological polar surface area (TPSA) is 66.5 Å². The number of carbonyl (C=O) groups is 3. The van der Waals surface area contributed by atoms with E-state index in [-0.39, 0.29) is 35.5 Å². The van der Waals surface area contributed by atoms with Crippen LogP contribution in [0.15, 0.2) is 0 Å². The van der Waals surface area contributed by atoms with Gasteiger partial charge in [-0.2, -0.15) is 0 Å². The van der Waals surface area contributed by atoms with Crippen LogP contribution in [-0.4, -0.2) is 35.2 Å². The van der Waals surface area contributed by atoms with Crippen LogP contribution >= 0.6 is 0 Å². The van der Waals surface area contributed by atoms with Crippen LogP contribution in [0.3, 0.4) is 0 Å². The molecule has 1 rings (SSSR count). The molecule has 3 amide bonds. The van der Waals surface area contributed by atoms with Gasteiger partial charge in [0.2, 0.25) is 17.7 Å². The average molecular weight is 296 g/mol. The minimum Gasteiger partial charge on any atom is -0.359 e. The van der Waals surface area contributed by atoms with Gasteiger partial charge in [-0.3, -0.25) is 19.3 Å². The van der Waals surface area contributed by atoms with Crippen LogP contribution in [0, 0.1) is 16.7 Å². The molecule has 5 heteroatoms. The van der Waals surface area contributed by atoms with E-state index in [1.54, 1.807) is 34.7 Å². The molecule has 1 fully saturated rings. The fourth-order valence-corrected chi connectivity index (χ4v) is 2.77. The van der Waals surface area contributed by atoms with Crippen LogP contribution in [0.4, 0.5) is 0 Å². The zero-order valence-electron chi connectivity index (χ0n) is 14.5. The zero-order chi connectivity index (χ0) is 16.8. The Bertz CT molecular complexity index is 472. The molecule has 0 aromatic carbocycles. The maximum absolute atomic E-state index is 12.7. The van der Waals surface area contributed by atoms with Crippen molar-refractivity contribution in [3.05, 3.63) is 0 Å². The second-order valence-corrected chi connectivity index (χ2v) is 7.95. The molecule has 0 spiro atoms. The molecular formula is C16H28N2O3. The molecule has 1 aliphatic rings. The van der Waals surface area contributed by atoms with Gasteiger partial charge in [0, 0.05) is 13.5 Å². The van der Waals surface area contributed by atoms with Gasteiger partial charge in [-0.1, -0.05) is 20.8 Å². The first-order valence-corrected chi connectivity index (χ1v) is 7.37. The lowest BCUT2D eigenvalue weighted by atomic mass is 9.72. The van der Waals surface area contributed by atoms with Gasteiger partial charge >= 0.3 is 0 Å². The zero-order valence-corrected chi connectivity index (χ0v) is 14.5. The summed E-state index contributed by atoms with van der Waals surface area (Å²) in [6.07, 6.45) is 0.218. The Morgan fingerprint density at radius 3 is 1.90 bits per heavy atom. The number of nitrogens with zero attached hydrogens (tertiary/aromatic N) is 1. The highest BCUT2D eigenvalue weighted by atomic mass is 16.2. The van der Waals surface area contributed by atoms with Crippen molar-refractivity contribution < 1.29 is 14.4 Å². The second kappa shape index (κ2) is 5.11. The first kappa shape index (κ1) is 17.7. The van der Waals surface area contributed by atoms with Crippen LogP contribution in [0.5, 0.6) is 0 Å². The van der Waals surface area contributed by atoms with E-state index >= 15 is 0 Å². The van der Waals surface area contributed by atoms with Crippen molar-refractivity contribution in [2.24, 2.45) is 16.7 Å². The molecule has 0 bridgehead atoms. The molecule has 0 aliphatic carbocycles. The van der Waals surface area contributed by atoms with Gasteiger partial charge in [0.05, 0.1) is 16.9 Å². The Kier molecular flexibility index (Phi) is 4.30. The van der Waals surface area contributed by atoms with Gasteiger partial charge in [-0.25, -0.2) is 0 Å². The van der Waals surface area contributed by atoms with E-state index in [0.29, 0.717) is 0 Å². The van der Waals surface area contributed by atoms with Crippen LogP contribution in [0.25, 0.3) is 0 Å². The van der Waals surface area contributed by atoms with Crippen molar-refractivity contribution in [1.29, 1.82) is 0 Å². The lowest BCUT2D eigenvalue weighted by Crippen LogP contribution is -2.61. The number of carbonyl (C=O) groups excluding carboxylic acids is 3. The smallest absolute Gasteiger partial charge is 0.233 e. The fraction of sp³-hybridized carbons (Fsp3) is 0.812. The molecular weight excluding hydrogens is 268 g/mol. The number of imide groups is 1. The molecule has 1 saturated heterocycles. The Labute approximate surface area is 127 Å². The van der Waals surface area contributed by atoms with Crippen molar-refractivity contribution in [1.82, 2.24) is 10.2 Å². The third-order valence-electron chi connectivity index (χ3n) is 5.08. The average Bonchev–Trinajstić information content (AvgIpc) is 2.63. The number of amides is 3. The van der Waals surface area contributed by atoms with Crippen molar-refractivity contribution >= 4 is 17.7 Å². The molecule has 0 saturated carbocycles. The highest BCUT2D eigenvalue weighted by molar-refractivity contribution is 6.05. The first-order chi connectivity index (χ1) is 9.28. The minimum atomic E-state index is -0.888. The molecule has 5 nitrogen and oxygen atoms in total. The van der Waals surface area contributed by atoms with Crippen LogP contribution in [0.2, 0.25) is 0 Å². The predicted molar refractivity (Wildman–Crippen MR) is 81.3 cm³/mol. The minimum absolute atomic E-state index is 0.172. The van der Waals surface area contributed by atoms with Crippen LogP contribution in [0.1, 0.15) is 54.9 Å². The summed E-state index contributed by atoms with van der Waals surface area (Å²) in [5, 5.41) is 2.62. The van der Waals surface area contributed by atoms with Gasteiger partial charge in [-0.05, 0) is 33.1 Å². The summed E-state index contributed by atoms with van der Waals surface area (Å²) in [5.41, 5.74) is -2.03.